The van der Waals surface area contributed by atoms with Crippen molar-refractivity contribution >= 4 is 10.9 Å². The average Bonchev–Trinajstić information content (AvgIpc) is 3.23. The number of benzene rings is 3. The molecule has 3 aromatic carbocycles. The van der Waals surface area contributed by atoms with Gasteiger partial charge >= 0.3 is 0 Å². The summed E-state index contributed by atoms with van der Waals surface area (Å²) in [6, 6.07) is 32.6. The molecule has 3 heteroatoms. The number of hydrogen-bond donors (Lipinski definition) is 2. The van der Waals surface area contributed by atoms with Gasteiger partial charge in [-0.1, -0.05) is 78.9 Å². The molecule has 5 rings (SSSR count). The minimum absolute atomic E-state index is 0.209. The van der Waals surface area contributed by atoms with Gasteiger partial charge in [-0.3, -0.25) is 0 Å². The summed E-state index contributed by atoms with van der Waals surface area (Å²) in [6.07, 6.45) is 2.39. The first-order valence-corrected chi connectivity index (χ1v) is 10.9. The Hall–Kier alpha value is -2.88. The Bertz CT molecular complexity index is 993. The van der Waals surface area contributed by atoms with Crippen LogP contribution in [0.25, 0.3) is 10.9 Å². The lowest BCUT2D eigenvalue weighted by Gasteiger charge is -2.35. The second-order valence-electron chi connectivity index (χ2n) is 8.21. The van der Waals surface area contributed by atoms with E-state index in [9.17, 15) is 0 Å². The van der Waals surface area contributed by atoms with Gasteiger partial charge in [-0.2, -0.15) is 0 Å². The molecule has 0 amide bonds. The minimum Gasteiger partial charge on any atom is -0.376 e. The van der Waals surface area contributed by atoms with Crippen molar-refractivity contribution in [2.24, 2.45) is 0 Å². The summed E-state index contributed by atoms with van der Waals surface area (Å²) in [6.45, 7) is 1.59. The Morgan fingerprint density at radius 2 is 1.50 bits per heavy atom. The molecule has 2 atom stereocenters. The van der Waals surface area contributed by atoms with Crippen LogP contribution in [-0.2, 0) is 11.3 Å². The number of fused-ring (bicyclic) bond motifs is 1. The van der Waals surface area contributed by atoms with Crippen molar-refractivity contribution in [1.29, 1.82) is 0 Å². The molecule has 0 aliphatic carbocycles. The van der Waals surface area contributed by atoms with Crippen LogP contribution in [0.2, 0.25) is 0 Å². The molecule has 0 radical (unpaired) electrons. The Balaban J connectivity index is 1.23. The second-order valence-corrected chi connectivity index (χ2v) is 8.21. The van der Waals surface area contributed by atoms with E-state index in [0.29, 0.717) is 6.04 Å². The molecule has 0 saturated carbocycles. The fraction of sp³-hybridized carbons (Fsp3) is 0.259. The topological polar surface area (TPSA) is 37.0 Å². The molecule has 0 bridgehead atoms. The highest BCUT2D eigenvalue weighted by Crippen LogP contribution is 2.34. The number of ether oxygens (including phenoxy) is 1. The molecule has 3 nitrogen and oxygen atoms in total. The zero-order chi connectivity index (χ0) is 20.2. The minimum atomic E-state index is 0.209. The third-order valence-corrected chi connectivity index (χ3v) is 6.17. The zero-order valence-electron chi connectivity index (χ0n) is 17.1. The van der Waals surface area contributed by atoms with Gasteiger partial charge in [0.25, 0.3) is 0 Å². The van der Waals surface area contributed by atoms with Crippen LogP contribution in [0.5, 0.6) is 0 Å². The van der Waals surface area contributed by atoms with Gasteiger partial charge in [0.05, 0.1) is 12.7 Å². The van der Waals surface area contributed by atoms with Crippen LogP contribution < -0.4 is 5.32 Å². The third-order valence-electron chi connectivity index (χ3n) is 6.17. The standard InChI is InChI=1S/C27H28N2O/c1-3-9-20(10-4-1)27(21-11-5-2-6-12-21)26-16-15-23(19-30-26)28-18-24-17-22-13-7-8-14-25(22)29-24/h1-14,17,23,26-29H,15-16,18-19H2. The molecule has 2 N–H and O–H groups in total. The van der Waals surface area contributed by atoms with Gasteiger partial charge in [0, 0.05) is 29.7 Å². The van der Waals surface area contributed by atoms with Crippen molar-refractivity contribution in [2.75, 3.05) is 6.61 Å². The molecule has 152 valence electrons. The van der Waals surface area contributed by atoms with E-state index in [0.717, 1.165) is 26.0 Å². The van der Waals surface area contributed by atoms with Crippen LogP contribution >= 0.6 is 0 Å². The molecule has 2 unspecified atom stereocenters. The number of hydrogen-bond acceptors (Lipinski definition) is 2. The van der Waals surface area contributed by atoms with E-state index < -0.39 is 0 Å². The van der Waals surface area contributed by atoms with E-state index in [-0.39, 0.29) is 12.0 Å². The van der Waals surface area contributed by atoms with Crippen LogP contribution in [0.15, 0.2) is 91.0 Å². The molecule has 30 heavy (non-hydrogen) atoms. The maximum atomic E-state index is 6.44. The number of H-pyrrole nitrogens is 1. The quantitative estimate of drug-likeness (QED) is 0.443. The largest absolute Gasteiger partial charge is 0.376 e. The summed E-state index contributed by atoms with van der Waals surface area (Å²) in [5, 5.41) is 4.95. The summed E-state index contributed by atoms with van der Waals surface area (Å²) in [5.41, 5.74) is 5.09. The van der Waals surface area contributed by atoms with E-state index in [1.807, 2.05) is 0 Å². The average molecular weight is 397 g/mol. The Labute approximate surface area is 178 Å². The molecule has 1 saturated heterocycles. The highest BCUT2D eigenvalue weighted by atomic mass is 16.5. The van der Waals surface area contributed by atoms with Crippen molar-refractivity contribution in [3.05, 3.63) is 108 Å². The molecule has 2 heterocycles. The van der Waals surface area contributed by atoms with E-state index in [2.05, 4.69) is 101 Å². The van der Waals surface area contributed by atoms with Crippen molar-refractivity contribution in [3.63, 3.8) is 0 Å². The van der Waals surface area contributed by atoms with Crippen molar-refractivity contribution in [3.8, 4) is 0 Å². The van der Waals surface area contributed by atoms with Gasteiger partial charge in [0.15, 0.2) is 0 Å². The number of rotatable bonds is 6. The molecular weight excluding hydrogens is 368 g/mol. The fourth-order valence-electron chi connectivity index (χ4n) is 4.62. The van der Waals surface area contributed by atoms with Gasteiger partial charge in [-0.05, 0) is 41.5 Å². The SMILES string of the molecule is c1ccc(C(c2ccccc2)C2CCC(NCc3cc4ccccc4[nH]3)CO2)cc1. The van der Waals surface area contributed by atoms with Crippen LogP contribution in [0.3, 0.4) is 0 Å². The zero-order valence-corrected chi connectivity index (χ0v) is 17.1. The first kappa shape index (κ1) is 19.1. The smallest absolute Gasteiger partial charge is 0.0685 e. The summed E-state index contributed by atoms with van der Waals surface area (Å²) in [5.74, 6) is 0.280. The van der Waals surface area contributed by atoms with E-state index in [1.54, 1.807) is 0 Å². The maximum absolute atomic E-state index is 6.44. The van der Waals surface area contributed by atoms with Crippen LogP contribution in [0.1, 0.15) is 35.6 Å². The Morgan fingerprint density at radius 3 is 2.13 bits per heavy atom. The predicted molar refractivity (Wildman–Crippen MR) is 123 cm³/mol. The fourth-order valence-corrected chi connectivity index (χ4v) is 4.62. The van der Waals surface area contributed by atoms with Crippen LogP contribution in [-0.4, -0.2) is 23.7 Å². The van der Waals surface area contributed by atoms with Crippen LogP contribution in [0.4, 0.5) is 0 Å². The van der Waals surface area contributed by atoms with Crippen LogP contribution in [0, 0.1) is 0 Å². The third kappa shape index (κ3) is 4.18. The normalized spacial score (nSPS) is 19.4. The van der Waals surface area contributed by atoms with Crippen molar-refractivity contribution in [2.45, 2.75) is 37.5 Å². The predicted octanol–water partition coefficient (Wildman–Crippen LogP) is 5.64. The summed E-state index contributed by atoms with van der Waals surface area (Å²) in [4.78, 5) is 3.50. The highest BCUT2D eigenvalue weighted by molar-refractivity contribution is 5.80. The van der Waals surface area contributed by atoms with Gasteiger partial charge in [-0.25, -0.2) is 0 Å². The monoisotopic (exact) mass is 396 g/mol. The van der Waals surface area contributed by atoms with Gasteiger partial charge < -0.3 is 15.0 Å². The highest BCUT2D eigenvalue weighted by Gasteiger charge is 2.30. The number of nitrogens with one attached hydrogen (secondary N) is 2. The molecule has 1 aliphatic rings. The molecule has 1 aliphatic heterocycles. The Kier molecular flexibility index (Phi) is 5.65. The van der Waals surface area contributed by atoms with E-state index in [1.165, 1.54) is 27.7 Å². The summed E-state index contributed by atoms with van der Waals surface area (Å²) >= 11 is 0. The van der Waals surface area contributed by atoms with Gasteiger partial charge in [-0.15, -0.1) is 0 Å². The lowest BCUT2D eigenvalue weighted by Crippen LogP contribution is -2.41. The Morgan fingerprint density at radius 1 is 0.833 bits per heavy atom. The van der Waals surface area contributed by atoms with Crippen molar-refractivity contribution in [1.82, 2.24) is 10.3 Å². The molecule has 0 spiro atoms. The first-order valence-electron chi connectivity index (χ1n) is 10.9. The maximum Gasteiger partial charge on any atom is 0.0685 e. The molecule has 1 fully saturated rings. The van der Waals surface area contributed by atoms with Gasteiger partial charge in [0.1, 0.15) is 0 Å². The number of aromatic nitrogens is 1. The van der Waals surface area contributed by atoms with Gasteiger partial charge in [0.2, 0.25) is 0 Å². The second kappa shape index (κ2) is 8.86. The first-order chi connectivity index (χ1) is 14.9. The van der Waals surface area contributed by atoms with E-state index >= 15 is 0 Å². The van der Waals surface area contributed by atoms with Crippen molar-refractivity contribution < 1.29 is 4.74 Å². The summed E-state index contributed by atoms with van der Waals surface area (Å²) in [7, 11) is 0. The number of para-hydroxylation sites is 1. The van der Waals surface area contributed by atoms with E-state index in [4.69, 9.17) is 4.74 Å². The number of aromatic amines is 1. The lowest BCUT2D eigenvalue weighted by molar-refractivity contribution is -0.0117. The summed E-state index contributed by atoms with van der Waals surface area (Å²) < 4.78 is 6.44. The molecule has 1 aromatic heterocycles. The lowest BCUT2D eigenvalue weighted by atomic mass is 9.83. The molecule has 4 aromatic rings. The molecular formula is C27H28N2O.